The first kappa shape index (κ1) is 12.1. The number of hydrogen-bond acceptors (Lipinski definition) is 4. The van der Waals surface area contributed by atoms with Gasteiger partial charge in [-0.2, -0.15) is 0 Å². The van der Waals surface area contributed by atoms with Crippen molar-refractivity contribution in [2.24, 2.45) is 0 Å². The predicted molar refractivity (Wildman–Crippen MR) is 61.3 cm³/mol. The van der Waals surface area contributed by atoms with Crippen LogP contribution in [0.3, 0.4) is 0 Å². The van der Waals surface area contributed by atoms with Crippen molar-refractivity contribution in [2.45, 2.75) is 32.8 Å². The second kappa shape index (κ2) is 5.23. The van der Waals surface area contributed by atoms with E-state index in [-0.39, 0.29) is 5.91 Å². The molecule has 1 amide bonds. The molecule has 1 aromatic heterocycles. The third-order valence-electron chi connectivity index (χ3n) is 2.07. The van der Waals surface area contributed by atoms with Crippen LogP contribution in [-0.4, -0.2) is 24.1 Å². The second-order valence-electron chi connectivity index (χ2n) is 3.60. The minimum absolute atomic E-state index is 0.165. The molecular weight excluding hydrogens is 212 g/mol. The third kappa shape index (κ3) is 3.28. The molecule has 0 spiro atoms. The van der Waals surface area contributed by atoms with E-state index in [1.165, 1.54) is 18.4 Å². The highest BCUT2D eigenvalue weighted by Gasteiger charge is 2.13. The van der Waals surface area contributed by atoms with Crippen LogP contribution in [0.4, 0.5) is 5.13 Å². The lowest BCUT2D eigenvalue weighted by Crippen LogP contribution is -2.26. The number of aromatic nitrogens is 1. The SMILES string of the molecule is COC(C)C(=O)Nc1nc(C(C)C)cs1. The Morgan fingerprint density at radius 1 is 1.53 bits per heavy atom. The monoisotopic (exact) mass is 228 g/mol. The number of carbonyl (C=O) groups excluding carboxylic acids is 1. The molecule has 0 radical (unpaired) electrons. The van der Waals surface area contributed by atoms with Crippen LogP contribution in [0.2, 0.25) is 0 Å². The fraction of sp³-hybridized carbons (Fsp3) is 0.600. The summed E-state index contributed by atoms with van der Waals surface area (Å²) in [5.74, 6) is 0.217. The Hall–Kier alpha value is -0.940. The minimum atomic E-state index is -0.448. The van der Waals surface area contributed by atoms with Crippen molar-refractivity contribution in [1.82, 2.24) is 4.98 Å². The fourth-order valence-electron chi connectivity index (χ4n) is 0.923. The fourth-order valence-corrected chi connectivity index (χ4v) is 1.80. The second-order valence-corrected chi connectivity index (χ2v) is 4.46. The summed E-state index contributed by atoms with van der Waals surface area (Å²) in [5, 5.41) is 5.30. The molecule has 84 valence electrons. The van der Waals surface area contributed by atoms with Gasteiger partial charge in [-0.1, -0.05) is 13.8 Å². The van der Waals surface area contributed by atoms with Gasteiger partial charge in [0.25, 0.3) is 5.91 Å². The Bertz CT molecular complexity index is 336. The van der Waals surface area contributed by atoms with E-state index in [0.717, 1.165) is 5.69 Å². The van der Waals surface area contributed by atoms with Gasteiger partial charge in [0.2, 0.25) is 0 Å². The Morgan fingerprint density at radius 2 is 2.20 bits per heavy atom. The molecule has 0 saturated heterocycles. The maximum absolute atomic E-state index is 11.5. The Morgan fingerprint density at radius 3 is 2.67 bits per heavy atom. The van der Waals surface area contributed by atoms with Gasteiger partial charge in [0, 0.05) is 12.5 Å². The van der Waals surface area contributed by atoms with Gasteiger partial charge in [-0.05, 0) is 12.8 Å². The van der Waals surface area contributed by atoms with E-state index in [4.69, 9.17) is 4.74 Å². The molecule has 1 rings (SSSR count). The standard InChI is InChI=1S/C10H16N2O2S/c1-6(2)8-5-15-10(11-8)12-9(13)7(3)14-4/h5-7H,1-4H3,(H,11,12,13). The van der Waals surface area contributed by atoms with Crippen molar-refractivity contribution >= 4 is 22.4 Å². The van der Waals surface area contributed by atoms with E-state index < -0.39 is 6.10 Å². The number of nitrogens with one attached hydrogen (secondary N) is 1. The van der Waals surface area contributed by atoms with E-state index in [2.05, 4.69) is 24.1 Å². The lowest BCUT2D eigenvalue weighted by atomic mass is 10.2. The van der Waals surface area contributed by atoms with Crippen molar-refractivity contribution in [1.29, 1.82) is 0 Å². The average molecular weight is 228 g/mol. The number of hydrogen-bond donors (Lipinski definition) is 1. The van der Waals surface area contributed by atoms with Gasteiger partial charge < -0.3 is 4.74 Å². The lowest BCUT2D eigenvalue weighted by molar-refractivity contribution is -0.124. The molecule has 1 unspecified atom stereocenters. The average Bonchev–Trinajstić information content (AvgIpc) is 2.65. The van der Waals surface area contributed by atoms with E-state index in [0.29, 0.717) is 11.0 Å². The topological polar surface area (TPSA) is 51.2 Å². The zero-order valence-electron chi connectivity index (χ0n) is 9.40. The molecule has 0 aliphatic heterocycles. The van der Waals surface area contributed by atoms with E-state index in [1.807, 2.05) is 5.38 Å². The number of thiazole rings is 1. The number of anilines is 1. The van der Waals surface area contributed by atoms with Gasteiger partial charge >= 0.3 is 0 Å². The highest BCUT2D eigenvalue weighted by atomic mass is 32.1. The summed E-state index contributed by atoms with van der Waals surface area (Å²) in [6.45, 7) is 5.84. The smallest absolute Gasteiger partial charge is 0.254 e. The van der Waals surface area contributed by atoms with Gasteiger partial charge in [-0.15, -0.1) is 11.3 Å². The molecule has 1 atom stereocenters. The number of ether oxygens (including phenoxy) is 1. The highest BCUT2D eigenvalue weighted by Crippen LogP contribution is 2.21. The molecule has 0 bridgehead atoms. The van der Waals surface area contributed by atoms with Crippen LogP contribution in [0.25, 0.3) is 0 Å². The van der Waals surface area contributed by atoms with Gasteiger partial charge in [0.1, 0.15) is 6.10 Å². The number of carbonyl (C=O) groups is 1. The van der Waals surface area contributed by atoms with E-state index >= 15 is 0 Å². The van der Waals surface area contributed by atoms with Crippen molar-refractivity contribution in [3.8, 4) is 0 Å². The maximum Gasteiger partial charge on any atom is 0.254 e. The molecule has 15 heavy (non-hydrogen) atoms. The van der Waals surface area contributed by atoms with Gasteiger partial charge in [-0.3, -0.25) is 10.1 Å². The maximum atomic E-state index is 11.5. The number of methoxy groups -OCH3 is 1. The van der Waals surface area contributed by atoms with Crippen LogP contribution in [0.5, 0.6) is 0 Å². The summed E-state index contributed by atoms with van der Waals surface area (Å²) in [5.41, 5.74) is 1.00. The molecule has 1 heterocycles. The quantitative estimate of drug-likeness (QED) is 0.859. The van der Waals surface area contributed by atoms with Crippen molar-refractivity contribution in [3.63, 3.8) is 0 Å². The molecule has 0 aliphatic rings. The van der Waals surface area contributed by atoms with Crippen molar-refractivity contribution in [2.75, 3.05) is 12.4 Å². The van der Waals surface area contributed by atoms with E-state index in [9.17, 15) is 4.79 Å². The number of amides is 1. The summed E-state index contributed by atoms with van der Waals surface area (Å²) in [6, 6.07) is 0. The summed E-state index contributed by atoms with van der Waals surface area (Å²) < 4.78 is 4.90. The Labute approximate surface area is 93.7 Å². The van der Waals surface area contributed by atoms with Gasteiger partial charge in [-0.25, -0.2) is 4.98 Å². The van der Waals surface area contributed by atoms with Crippen LogP contribution < -0.4 is 5.32 Å². The Kier molecular flexibility index (Phi) is 4.23. The molecule has 4 nitrogen and oxygen atoms in total. The summed E-state index contributed by atoms with van der Waals surface area (Å²) in [4.78, 5) is 15.8. The first-order valence-electron chi connectivity index (χ1n) is 4.83. The van der Waals surface area contributed by atoms with Crippen molar-refractivity contribution in [3.05, 3.63) is 11.1 Å². The highest BCUT2D eigenvalue weighted by molar-refractivity contribution is 7.13. The number of rotatable bonds is 4. The Balaban J connectivity index is 2.61. The van der Waals surface area contributed by atoms with Crippen molar-refractivity contribution < 1.29 is 9.53 Å². The summed E-state index contributed by atoms with van der Waals surface area (Å²) in [6.07, 6.45) is -0.448. The van der Waals surface area contributed by atoms with Crippen LogP contribution in [0, 0.1) is 0 Å². The molecule has 1 N–H and O–H groups in total. The third-order valence-corrected chi connectivity index (χ3v) is 2.84. The van der Waals surface area contributed by atoms with Crippen LogP contribution in [0.1, 0.15) is 32.4 Å². The molecule has 1 aromatic rings. The minimum Gasteiger partial charge on any atom is -0.372 e. The first-order chi connectivity index (χ1) is 7.04. The molecule has 0 saturated carbocycles. The zero-order chi connectivity index (χ0) is 11.4. The molecular formula is C10H16N2O2S. The van der Waals surface area contributed by atoms with Crippen LogP contribution >= 0.6 is 11.3 Å². The summed E-state index contributed by atoms with van der Waals surface area (Å²) >= 11 is 1.44. The lowest BCUT2D eigenvalue weighted by Gasteiger charge is -2.07. The molecule has 0 aliphatic carbocycles. The van der Waals surface area contributed by atoms with Crippen LogP contribution in [0.15, 0.2) is 5.38 Å². The molecule has 0 fully saturated rings. The summed E-state index contributed by atoms with van der Waals surface area (Å²) in [7, 11) is 1.51. The van der Waals surface area contributed by atoms with Gasteiger partial charge in [0.05, 0.1) is 5.69 Å². The zero-order valence-corrected chi connectivity index (χ0v) is 10.2. The largest absolute Gasteiger partial charge is 0.372 e. The molecule has 5 heteroatoms. The normalized spacial score (nSPS) is 12.9. The molecule has 0 aromatic carbocycles. The van der Waals surface area contributed by atoms with Gasteiger partial charge in [0.15, 0.2) is 5.13 Å². The van der Waals surface area contributed by atoms with Crippen LogP contribution in [-0.2, 0) is 9.53 Å². The van der Waals surface area contributed by atoms with E-state index in [1.54, 1.807) is 6.92 Å². The number of nitrogens with zero attached hydrogens (tertiary/aromatic N) is 1. The first-order valence-corrected chi connectivity index (χ1v) is 5.71. The predicted octanol–water partition coefficient (Wildman–Crippen LogP) is 2.24.